The Kier molecular flexibility index (Phi) is 5.86. The van der Waals surface area contributed by atoms with Crippen LogP contribution >= 0.6 is 0 Å². The van der Waals surface area contributed by atoms with E-state index in [2.05, 4.69) is 0 Å². The van der Waals surface area contributed by atoms with Gasteiger partial charge < -0.3 is 14.7 Å². The predicted octanol–water partition coefficient (Wildman–Crippen LogP) is 2.57. The summed E-state index contributed by atoms with van der Waals surface area (Å²) >= 11 is 0. The van der Waals surface area contributed by atoms with E-state index in [1.807, 2.05) is 72.7 Å². The summed E-state index contributed by atoms with van der Waals surface area (Å²) in [5.74, 6) is 0.128. The zero-order chi connectivity index (χ0) is 17.7. The first-order chi connectivity index (χ1) is 11.4. The van der Waals surface area contributed by atoms with Crippen LogP contribution in [0.3, 0.4) is 0 Å². The van der Waals surface area contributed by atoms with Crippen LogP contribution in [0.15, 0.2) is 30.3 Å². The highest BCUT2D eigenvalue weighted by atomic mass is 16.2. The maximum absolute atomic E-state index is 13.0. The molecule has 3 amide bonds. The van der Waals surface area contributed by atoms with Gasteiger partial charge in [-0.2, -0.15) is 0 Å². The molecule has 1 aliphatic rings. The number of urea groups is 1. The van der Waals surface area contributed by atoms with E-state index in [-0.39, 0.29) is 11.9 Å². The zero-order valence-electron chi connectivity index (χ0n) is 15.3. The Morgan fingerprint density at radius 2 is 1.46 bits per heavy atom. The molecule has 1 aromatic rings. The molecule has 0 aromatic heterocycles. The minimum Gasteiger partial charge on any atom is -0.338 e. The van der Waals surface area contributed by atoms with Gasteiger partial charge in [-0.05, 0) is 33.3 Å². The maximum Gasteiger partial charge on any atom is 0.320 e. The molecule has 0 unspecified atom stereocenters. The van der Waals surface area contributed by atoms with Crippen molar-refractivity contribution >= 4 is 11.9 Å². The van der Waals surface area contributed by atoms with Gasteiger partial charge in [0.15, 0.2) is 0 Å². The molecule has 0 radical (unpaired) electrons. The summed E-state index contributed by atoms with van der Waals surface area (Å²) in [5, 5.41) is 0. The number of benzene rings is 1. The van der Waals surface area contributed by atoms with Gasteiger partial charge in [-0.3, -0.25) is 4.79 Å². The van der Waals surface area contributed by atoms with Gasteiger partial charge in [0.2, 0.25) is 5.91 Å². The van der Waals surface area contributed by atoms with Crippen LogP contribution in [0.1, 0.15) is 33.3 Å². The van der Waals surface area contributed by atoms with Crippen molar-refractivity contribution in [2.75, 3.05) is 39.3 Å². The fourth-order valence-electron chi connectivity index (χ4n) is 3.17. The van der Waals surface area contributed by atoms with Crippen LogP contribution in [0.5, 0.6) is 0 Å². The minimum absolute atomic E-state index is 0.0782. The van der Waals surface area contributed by atoms with Gasteiger partial charge in [0.25, 0.3) is 0 Å². The number of nitrogens with zero attached hydrogens (tertiary/aromatic N) is 3. The van der Waals surface area contributed by atoms with Gasteiger partial charge in [-0.25, -0.2) is 4.79 Å². The van der Waals surface area contributed by atoms with E-state index in [9.17, 15) is 9.59 Å². The molecule has 5 nitrogen and oxygen atoms in total. The molecule has 132 valence electrons. The van der Waals surface area contributed by atoms with E-state index in [4.69, 9.17) is 0 Å². The topological polar surface area (TPSA) is 43.9 Å². The van der Waals surface area contributed by atoms with E-state index in [0.717, 1.165) is 18.7 Å². The van der Waals surface area contributed by atoms with Crippen molar-refractivity contribution in [2.24, 2.45) is 0 Å². The lowest BCUT2D eigenvalue weighted by molar-refractivity contribution is -0.137. The summed E-state index contributed by atoms with van der Waals surface area (Å²) in [6.07, 6.45) is 0. The van der Waals surface area contributed by atoms with Crippen LogP contribution in [0.25, 0.3) is 0 Å². The molecule has 1 saturated heterocycles. The van der Waals surface area contributed by atoms with Gasteiger partial charge in [0, 0.05) is 39.3 Å². The van der Waals surface area contributed by atoms with Crippen molar-refractivity contribution in [3.05, 3.63) is 35.9 Å². The van der Waals surface area contributed by atoms with Gasteiger partial charge in [0.05, 0.1) is 5.41 Å². The number of amides is 3. The van der Waals surface area contributed by atoms with Crippen LogP contribution in [0.4, 0.5) is 4.79 Å². The van der Waals surface area contributed by atoms with Crippen molar-refractivity contribution in [3.63, 3.8) is 0 Å². The molecule has 0 aliphatic carbocycles. The van der Waals surface area contributed by atoms with E-state index in [1.165, 1.54) is 0 Å². The van der Waals surface area contributed by atoms with Crippen LogP contribution in [0.2, 0.25) is 0 Å². The number of hydrogen-bond donors (Lipinski definition) is 0. The second-order valence-electron chi connectivity index (χ2n) is 6.73. The Bertz CT molecular complexity index is 559. The fourth-order valence-corrected chi connectivity index (χ4v) is 3.17. The molecular weight excluding hydrogens is 302 g/mol. The van der Waals surface area contributed by atoms with Crippen LogP contribution < -0.4 is 0 Å². The van der Waals surface area contributed by atoms with E-state index < -0.39 is 5.41 Å². The molecule has 1 fully saturated rings. The largest absolute Gasteiger partial charge is 0.338 e. The Morgan fingerprint density at radius 3 is 1.96 bits per heavy atom. The number of carbonyl (C=O) groups is 2. The summed E-state index contributed by atoms with van der Waals surface area (Å²) < 4.78 is 0. The number of piperazine rings is 1. The molecule has 2 rings (SSSR count). The summed E-state index contributed by atoms with van der Waals surface area (Å²) in [6.45, 7) is 11.8. The number of hydrogen-bond acceptors (Lipinski definition) is 2. The summed E-state index contributed by atoms with van der Waals surface area (Å²) in [6, 6.07) is 9.96. The smallest absolute Gasteiger partial charge is 0.320 e. The Balaban J connectivity index is 1.99. The first-order valence-corrected chi connectivity index (χ1v) is 8.80. The third kappa shape index (κ3) is 3.71. The minimum atomic E-state index is -0.549. The molecule has 0 bridgehead atoms. The standard InChI is InChI=1S/C19H29N3O2/c1-5-20(6-2)18(24)22-14-12-21(13-15-22)17(23)19(3,4)16-10-8-7-9-11-16/h7-11H,5-6,12-15H2,1-4H3. The molecule has 0 spiro atoms. The van der Waals surface area contributed by atoms with Crippen LogP contribution in [0, 0.1) is 0 Å². The van der Waals surface area contributed by atoms with Gasteiger partial charge in [0.1, 0.15) is 0 Å². The molecule has 1 aliphatic heterocycles. The Labute approximate surface area is 145 Å². The quantitative estimate of drug-likeness (QED) is 0.851. The molecule has 0 saturated carbocycles. The highest BCUT2D eigenvalue weighted by Crippen LogP contribution is 2.26. The first-order valence-electron chi connectivity index (χ1n) is 8.80. The fraction of sp³-hybridized carbons (Fsp3) is 0.579. The lowest BCUT2D eigenvalue weighted by Gasteiger charge is -2.40. The third-order valence-corrected chi connectivity index (χ3v) is 4.90. The van der Waals surface area contributed by atoms with Crippen molar-refractivity contribution in [3.8, 4) is 0 Å². The highest BCUT2D eigenvalue weighted by molar-refractivity contribution is 5.87. The number of rotatable bonds is 4. The maximum atomic E-state index is 13.0. The zero-order valence-corrected chi connectivity index (χ0v) is 15.3. The van der Waals surface area contributed by atoms with E-state index >= 15 is 0 Å². The Morgan fingerprint density at radius 1 is 0.958 bits per heavy atom. The van der Waals surface area contributed by atoms with Crippen LogP contribution in [-0.2, 0) is 10.2 Å². The first kappa shape index (κ1) is 18.3. The lowest BCUT2D eigenvalue weighted by atomic mass is 9.83. The van der Waals surface area contributed by atoms with Gasteiger partial charge >= 0.3 is 6.03 Å². The average Bonchev–Trinajstić information content (AvgIpc) is 2.63. The monoisotopic (exact) mass is 331 g/mol. The van der Waals surface area contributed by atoms with Crippen molar-refractivity contribution < 1.29 is 9.59 Å². The molecule has 24 heavy (non-hydrogen) atoms. The summed E-state index contributed by atoms with van der Waals surface area (Å²) in [7, 11) is 0. The second-order valence-corrected chi connectivity index (χ2v) is 6.73. The van der Waals surface area contributed by atoms with Crippen LogP contribution in [-0.4, -0.2) is 65.9 Å². The van der Waals surface area contributed by atoms with Gasteiger partial charge in [-0.1, -0.05) is 30.3 Å². The average molecular weight is 331 g/mol. The highest BCUT2D eigenvalue weighted by Gasteiger charge is 2.35. The summed E-state index contributed by atoms with van der Waals surface area (Å²) in [4.78, 5) is 30.9. The van der Waals surface area contributed by atoms with Crippen molar-refractivity contribution in [1.82, 2.24) is 14.7 Å². The molecule has 5 heteroatoms. The lowest BCUT2D eigenvalue weighted by Crippen LogP contribution is -2.56. The number of carbonyl (C=O) groups excluding carboxylic acids is 2. The Hall–Kier alpha value is -2.04. The molecule has 1 aromatic carbocycles. The van der Waals surface area contributed by atoms with Crippen molar-refractivity contribution in [2.45, 2.75) is 33.1 Å². The SMILES string of the molecule is CCN(CC)C(=O)N1CCN(C(=O)C(C)(C)c2ccccc2)CC1. The predicted molar refractivity (Wildman–Crippen MR) is 95.9 cm³/mol. The second kappa shape index (κ2) is 7.69. The molecule has 1 heterocycles. The van der Waals surface area contributed by atoms with Gasteiger partial charge in [-0.15, -0.1) is 0 Å². The normalized spacial score (nSPS) is 15.3. The molecule has 0 atom stereocenters. The van der Waals surface area contributed by atoms with Crippen molar-refractivity contribution in [1.29, 1.82) is 0 Å². The third-order valence-electron chi connectivity index (χ3n) is 4.90. The van der Waals surface area contributed by atoms with E-state index in [0.29, 0.717) is 26.2 Å². The van der Waals surface area contributed by atoms with E-state index in [1.54, 1.807) is 0 Å². The molecular formula is C19H29N3O2. The summed E-state index contributed by atoms with van der Waals surface area (Å²) in [5.41, 5.74) is 0.475. The molecule has 0 N–H and O–H groups in total.